The number of hydrogen-bond acceptors (Lipinski definition) is 6. The SMILES string of the molecule is COC(C)COC(=O)[C@H](C)NP(=O)(Oc1ccc(C(C)(C)C)cc1)Oc1c(F)c(F)c(F)c(F)c1F. The fourth-order valence-corrected chi connectivity index (χ4v) is 4.22. The molecule has 0 saturated carbocycles. The lowest BCUT2D eigenvalue weighted by atomic mass is 9.87. The van der Waals surface area contributed by atoms with Crippen molar-refractivity contribution in [3.8, 4) is 11.5 Å². The van der Waals surface area contributed by atoms with Crippen LogP contribution in [0.25, 0.3) is 0 Å². The lowest BCUT2D eigenvalue weighted by Gasteiger charge is -2.24. The van der Waals surface area contributed by atoms with Crippen molar-refractivity contribution in [1.29, 1.82) is 0 Å². The van der Waals surface area contributed by atoms with Crippen LogP contribution in [-0.2, 0) is 24.2 Å². The molecule has 0 radical (unpaired) electrons. The van der Waals surface area contributed by atoms with Gasteiger partial charge in [-0.2, -0.15) is 13.9 Å². The molecule has 0 bridgehead atoms. The second-order valence-corrected chi connectivity index (χ2v) is 10.5. The molecule has 2 rings (SSSR count). The molecule has 1 N–H and O–H groups in total. The Hall–Kier alpha value is -2.69. The first-order chi connectivity index (χ1) is 16.6. The Balaban J connectivity index is 2.42. The smallest absolute Gasteiger partial charge is 0.462 e. The van der Waals surface area contributed by atoms with E-state index in [4.69, 9.17) is 18.5 Å². The first-order valence-electron chi connectivity index (χ1n) is 10.7. The van der Waals surface area contributed by atoms with Gasteiger partial charge >= 0.3 is 13.7 Å². The van der Waals surface area contributed by atoms with Gasteiger partial charge in [0, 0.05) is 7.11 Å². The van der Waals surface area contributed by atoms with Crippen molar-refractivity contribution >= 4 is 13.7 Å². The fourth-order valence-electron chi connectivity index (χ4n) is 2.69. The Morgan fingerprint density at radius 2 is 1.42 bits per heavy atom. The molecule has 2 aromatic carbocycles. The van der Waals surface area contributed by atoms with E-state index in [9.17, 15) is 31.3 Å². The summed E-state index contributed by atoms with van der Waals surface area (Å²) in [6.07, 6.45) is -0.477. The van der Waals surface area contributed by atoms with E-state index in [-0.39, 0.29) is 17.8 Å². The van der Waals surface area contributed by atoms with Gasteiger partial charge in [0.05, 0.1) is 6.10 Å². The molecule has 0 aliphatic rings. The normalized spacial score (nSPS) is 15.1. The lowest BCUT2D eigenvalue weighted by molar-refractivity contribution is -0.148. The molecular formula is C23H27F5NO6P. The van der Waals surface area contributed by atoms with Crippen LogP contribution in [0.1, 0.15) is 40.2 Å². The molecule has 36 heavy (non-hydrogen) atoms. The Bertz CT molecular complexity index is 1110. The lowest BCUT2D eigenvalue weighted by Crippen LogP contribution is -2.37. The monoisotopic (exact) mass is 539 g/mol. The van der Waals surface area contributed by atoms with Crippen molar-refractivity contribution in [1.82, 2.24) is 5.09 Å². The highest BCUT2D eigenvalue weighted by atomic mass is 31.2. The highest BCUT2D eigenvalue weighted by molar-refractivity contribution is 7.52. The number of hydrogen-bond donors (Lipinski definition) is 1. The first kappa shape index (κ1) is 29.5. The number of benzene rings is 2. The van der Waals surface area contributed by atoms with Gasteiger partial charge in [0.2, 0.25) is 34.8 Å². The molecule has 3 atom stereocenters. The maximum Gasteiger partial charge on any atom is 0.513 e. The zero-order valence-electron chi connectivity index (χ0n) is 20.5. The number of ether oxygens (including phenoxy) is 2. The number of nitrogens with one attached hydrogen (secondary N) is 1. The zero-order valence-corrected chi connectivity index (χ0v) is 21.4. The average Bonchev–Trinajstić information content (AvgIpc) is 2.82. The van der Waals surface area contributed by atoms with Crippen molar-refractivity contribution in [2.45, 2.75) is 52.2 Å². The summed E-state index contributed by atoms with van der Waals surface area (Å²) < 4.78 is 103. The van der Waals surface area contributed by atoms with Gasteiger partial charge in [0.25, 0.3) is 0 Å². The average molecular weight is 539 g/mol. The molecule has 0 aromatic heterocycles. The van der Waals surface area contributed by atoms with Crippen LogP contribution in [0.5, 0.6) is 11.5 Å². The van der Waals surface area contributed by atoms with Crippen LogP contribution < -0.4 is 14.1 Å². The summed E-state index contributed by atoms with van der Waals surface area (Å²) in [5.41, 5.74) is 0.590. The minimum absolute atomic E-state index is 0.142. The molecule has 0 saturated heterocycles. The van der Waals surface area contributed by atoms with Crippen LogP contribution in [-0.4, -0.2) is 31.8 Å². The molecule has 13 heteroatoms. The van der Waals surface area contributed by atoms with E-state index in [0.717, 1.165) is 5.56 Å². The van der Waals surface area contributed by atoms with Crippen LogP contribution in [0.4, 0.5) is 22.0 Å². The first-order valence-corrected chi connectivity index (χ1v) is 12.2. The van der Waals surface area contributed by atoms with Gasteiger partial charge in [-0.1, -0.05) is 32.9 Å². The van der Waals surface area contributed by atoms with Crippen LogP contribution in [0, 0.1) is 29.1 Å². The standard InChI is InChI=1S/C23H27F5NO6P/c1-12(32-6)11-33-22(30)13(2)29-36(31,34-15-9-7-14(8-10-15)23(3,4)5)35-21-19(27)17(25)16(24)18(26)20(21)28/h7-10,12-13H,11H2,1-6H3,(H,29,31)/t12?,13-,36?/m0/s1. The van der Waals surface area contributed by atoms with E-state index >= 15 is 0 Å². The van der Waals surface area contributed by atoms with E-state index in [1.165, 1.54) is 26.2 Å². The van der Waals surface area contributed by atoms with Gasteiger partial charge < -0.3 is 18.5 Å². The second-order valence-electron chi connectivity index (χ2n) is 8.88. The van der Waals surface area contributed by atoms with E-state index in [2.05, 4.69) is 5.09 Å². The molecule has 0 aliphatic heterocycles. The molecule has 0 heterocycles. The number of halogens is 5. The summed E-state index contributed by atoms with van der Waals surface area (Å²) in [6, 6.07) is 4.49. The van der Waals surface area contributed by atoms with Crippen LogP contribution in [0.2, 0.25) is 0 Å². The van der Waals surface area contributed by atoms with E-state index < -0.39 is 60.7 Å². The number of esters is 1. The second kappa shape index (κ2) is 11.6. The minimum Gasteiger partial charge on any atom is -0.462 e. The Kier molecular flexibility index (Phi) is 9.50. The number of rotatable bonds is 10. The maximum atomic E-state index is 14.2. The molecule has 200 valence electrons. The Morgan fingerprint density at radius 3 is 1.89 bits per heavy atom. The van der Waals surface area contributed by atoms with Gasteiger partial charge in [0.1, 0.15) is 18.4 Å². The molecule has 2 aromatic rings. The maximum absolute atomic E-state index is 14.2. The summed E-state index contributed by atoms with van der Waals surface area (Å²) in [5, 5.41) is 2.11. The van der Waals surface area contributed by atoms with E-state index in [1.54, 1.807) is 19.1 Å². The fraction of sp³-hybridized carbons (Fsp3) is 0.435. The Morgan fingerprint density at radius 1 is 0.917 bits per heavy atom. The van der Waals surface area contributed by atoms with Gasteiger partial charge in [0.15, 0.2) is 0 Å². The molecule has 0 amide bonds. The minimum atomic E-state index is -5.01. The van der Waals surface area contributed by atoms with Gasteiger partial charge in [-0.25, -0.2) is 17.7 Å². The van der Waals surface area contributed by atoms with Crippen LogP contribution in [0.15, 0.2) is 24.3 Å². The molecule has 0 spiro atoms. The quantitative estimate of drug-likeness (QED) is 0.134. The summed E-state index contributed by atoms with van der Waals surface area (Å²) in [6.45, 7) is 8.38. The van der Waals surface area contributed by atoms with Crippen molar-refractivity contribution in [2.24, 2.45) is 0 Å². The van der Waals surface area contributed by atoms with Gasteiger partial charge in [-0.15, -0.1) is 0 Å². The molecule has 2 unspecified atom stereocenters. The summed E-state index contributed by atoms with van der Waals surface area (Å²) in [4.78, 5) is 12.3. The number of methoxy groups -OCH3 is 1. The number of carbonyl (C=O) groups is 1. The molecule has 0 aliphatic carbocycles. The van der Waals surface area contributed by atoms with Gasteiger partial charge in [-0.05, 0) is 37.0 Å². The molecular weight excluding hydrogens is 512 g/mol. The van der Waals surface area contributed by atoms with Crippen LogP contribution >= 0.6 is 7.75 Å². The van der Waals surface area contributed by atoms with Crippen molar-refractivity contribution < 1.29 is 49.8 Å². The van der Waals surface area contributed by atoms with Crippen molar-refractivity contribution in [2.75, 3.05) is 13.7 Å². The van der Waals surface area contributed by atoms with Crippen molar-refractivity contribution in [3.63, 3.8) is 0 Å². The highest BCUT2D eigenvalue weighted by Gasteiger charge is 2.38. The molecule has 0 fully saturated rings. The Labute approximate surface area is 205 Å². The highest BCUT2D eigenvalue weighted by Crippen LogP contribution is 2.48. The van der Waals surface area contributed by atoms with Crippen LogP contribution in [0.3, 0.4) is 0 Å². The third kappa shape index (κ3) is 7.18. The predicted molar refractivity (Wildman–Crippen MR) is 120 cm³/mol. The predicted octanol–water partition coefficient (Wildman–Crippen LogP) is 5.80. The summed E-state index contributed by atoms with van der Waals surface area (Å²) in [5.74, 6) is -14.8. The van der Waals surface area contributed by atoms with Gasteiger partial charge in [-0.3, -0.25) is 4.79 Å². The van der Waals surface area contributed by atoms with E-state index in [1.807, 2.05) is 20.8 Å². The summed E-state index contributed by atoms with van der Waals surface area (Å²) in [7, 11) is -3.63. The topological polar surface area (TPSA) is 83.1 Å². The number of carbonyl (C=O) groups excluding carboxylic acids is 1. The zero-order chi connectivity index (χ0) is 27.4. The van der Waals surface area contributed by atoms with E-state index in [0.29, 0.717) is 0 Å². The summed E-state index contributed by atoms with van der Waals surface area (Å²) >= 11 is 0. The largest absolute Gasteiger partial charge is 0.513 e. The third-order valence-electron chi connectivity index (χ3n) is 4.89. The third-order valence-corrected chi connectivity index (χ3v) is 6.47. The molecule has 7 nitrogen and oxygen atoms in total. The van der Waals surface area contributed by atoms with Crippen molar-refractivity contribution in [3.05, 3.63) is 58.9 Å².